The van der Waals surface area contributed by atoms with Crippen LogP contribution in [0.15, 0.2) is 0 Å². The number of rotatable bonds is 5. The molecule has 0 bridgehead atoms. The molecule has 90 valence electrons. The monoisotopic (exact) mass is 231 g/mol. The van der Waals surface area contributed by atoms with Gasteiger partial charge < -0.3 is 10.8 Å². The Balaban J connectivity index is 2.24. The first-order valence-electron chi connectivity index (χ1n) is 6.07. The van der Waals surface area contributed by atoms with E-state index in [1.807, 2.05) is 0 Å². The van der Waals surface area contributed by atoms with Gasteiger partial charge in [0.05, 0.1) is 6.61 Å². The van der Waals surface area contributed by atoms with Crippen molar-refractivity contribution in [2.45, 2.75) is 56.7 Å². The van der Waals surface area contributed by atoms with Crippen LogP contribution in [-0.4, -0.2) is 28.3 Å². The molecule has 15 heavy (non-hydrogen) atoms. The Morgan fingerprint density at radius 1 is 1.53 bits per heavy atom. The van der Waals surface area contributed by atoms with E-state index in [-0.39, 0.29) is 12.1 Å². The van der Waals surface area contributed by atoms with Crippen LogP contribution in [0.25, 0.3) is 0 Å². The summed E-state index contributed by atoms with van der Waals surface area (Å²) in [5, 5.41) is 9.92. The zero-order valence-electron chi connectivity index (χ0n) is 10.0. The van der Waals surface area contributed by atoms with E-state index in [9.17, 15) is 5.11 Å². The zero-order chi connectivity index (χ0) is 11.3. The first-order valence-corrected chi connectivity index (χ1v) is 7.12. The van der Waals surface area contributed by atoms with Crippen LogP contribution in [0.2, 0.25) is 0 Å². The topological polar surface area (TPSA) is 46.2 Å². The van der Waals surface area contributed by atoms with Crippen molar-refractivity contribution in [1.82, 2.24) is 0 Å². The van der Waals surface area contributed by atoms with E-state index in [2.05, 4.69) is 25.6 Å². The average Bonchev–Trinajstić information content (AvgIpc) is 2.17. The van der Waals surface area contributed by atoms with Crippen molar-refractivity contribution in [3.05, 3.63) is 0 Å². The smallest absolute Gasteiger partial charge is 0.0611 e. The highest BCUT2D eigenvalue weighted by Gasteiger charge is 2.32. The van der Waals surface area contributed by atoms with Crippen LogP contribution in [0.5, 0.6) is 0 Å². The molecule has 0 aromatic heterocycles. The van der Waals surface area contributed by atoms with Gasteiger partial charge in [0.2, 0.25) is 0 Å². The summed E-state index contributed by atoms with van der Waals surface area (Å²) in [6, 6.07) is 0. The molecule has 0 heterocycles. The van der Waals surface area contributed by atoms with E-state index in [1.54, 1.807) is 0 Å². The largest absolute Gasteiger partial charge is 0.394 e. The molecule has 1 aliphatic carbocycles. The molecule has 1 aliphatic rings. The van der Waals surface area contributed by atoms with Gasteiger partial charge in [-0.1, -0.05) is 20.3 Å². The van der Waals surface area contributed by atoms with E-state index < -0.39 is 0 Å². The van der Waals surface area contributed by atoms with E-state index >= 15 is 0 Å². The van der Waals surface area contributed by atoms with Gasteiger partial charge in [0.25, 0.3) is 0 Å². The Kier molecular flexibility index (Phi) is 5.44. The highest BCUT2D eigenvalue weighted by atomic mass is 32.2. The van der Waals surface area contributed by atoms with E-state index in [0.717, 1.165) is 18.8 Å². The quantitative estimate of drug-likeness (QED) is 0.764. The van der Waals surface area contributed by atoms with Gasteiger partial charge in [0.15, 0.2) is 0 Å². The second-order valence-corrected chi connectivity index (χ2v) is 6.70. The third-order valence-corrected chi connectivity index (χ3v) is 4.54. The van der Waals surface area contributed by atoms with Crippen LogP contribution < -0.4 is 5.73 Å². The molecule has 3 N–H and O–H groups in total. The van der Waals surface area contributed by atoms with Gasteiger partial charge in [-0.25, -0.2) is 0 Å². The minimum atomic E-state index is -0.284. The lowest BCUT2D eigenvalue weighted by molar-refractivity contribution is 0.159. The second-order valence-electron chi connectivity index (χ2n) is 5.29. The van der Waals surface area contributed by atoms with Crippen molar-refractivity contribution < 1.29 is 5.11 Å². The summed E-state index contributed by atoms with van der Waals surface area (Å²) in [6.07, 6.45) is 5.73. The van der Waals surface area contributed by atoms with Crippen molar-refractivity contribution in [1.29, 1.82) is 0 Å². The summed E-state index contributed by atoms with van der Waals surface area (Å²) >= 11 is 2.05. The van der Waals surface area contributed by atoms with Gasteiger partial charge in [-0.05, 0) is 37.4 Å². The fraction of sp³-hybridized carbons (Fsp3) is 1.00. The summed E-state index contributed by atoms with van der Waals surface area (Å²) in [6.45, 7) is 4.68. The number of aliphatic hydroxyl groups is 1. The highest BCUT2D eigenvalue weighted by molar-refractivity contribution is 7.99. The average molecular weight is 231 g/mol. The summed E-state index contributed by atoms with van der Waals surface area (Å²) < 4.78 is 0. The van der Waals surface area contributed by atoms with Crippen molar-refractivity contribution in [2.24, 2.45) is 11.7 Å². The summed E-state index contributed by atoms with van der Waals surface area (Å²) in [5.74, 6) is 2.03. The van der Waals surface area contributed by atoms with E-state index in [0.29, 0.717) is 5.25 Å². The predicted octanol–water partition coefficient (Wildman–Crippen LogP) is 2.40. The number of aliphatic hydroxyl groups excluding tert-OH is 1. The van der Waals surface area contributed by atoms with Gasteiger partial charge in [0.1, 0.15) is 0 Å². The van der Waals surface area contributed by atoms with Crippen LogP contribution >= 0.6 is 11.8 Å². The van der Waals surface area contributed by atoms with Crippen LogP contribution in [0, 0.1) is 5.92 Å². The Morgan fingerprint density at radius 2 is 2.27 bits per heavy atom. The molecular weight excluding hydrogens is 206 g/mol. The lowest BCUT2D eigenvalue weighted by Crippen LogP contribution is -2.48. The molecule has 2 nitrogen and oxygen atoms in total. The maximum Gasteiger partial charge on any atom is 0.0611 e. The van der Waals surface area contributed by atoms with Gasteiger partial charge in [-0.2, -0.15) is 11.8 Å². The SMILES string of the molecule is CC(C)CCSC1CCCC(N)(CO)C1. The van der Waals surface area contributed by atoms with Crippen molar-refractivity contribution in [3.63, 3.8) is 0 Å². The van der Waals surface area contributed by atoms with Crippen molar-refractivity contribution >= 4 is 11.8 Å². The third kappa shape index (κ3) is 4.75. The molecule has 0 aliphatic heterocycles. The Hall–Kier alpha value is 0.270. The first-order chi connectivity index (χ1) is 7.06. The zero-order valence-corrected chi connectivity index (χ0v) is 10.9. The Labute approximate surface area is 98.0 Å². The lowest BCUT2D eigenvalue weighted by Gasteiger charge is -2.36. The molecule has 0 amide bonds. The van der Waals surface area contributed by atoms with E-state index in [4.69, 9.17) is 5.73 Å². The van der Waals surface area contributed by atoms with E-state index in [1.165, 1.54) is 25.0 Å². The molecule has 1 saturated carbocycles. The molecule has 3 heteroatoms. The number of hydrogen-bond acceptors (Lipinski definition) is 3. The first kappa shape index (κ1) is 13.3. The van der Waals surface area contributed by atoms with Crippen molar-refractivity contribution in [2.75, 3.05) is 12.4 Å². The minimum absolute atomic E-state index is 0.147. The number of thioether (sulfide) groups is 1. The molecule has 1 rings (SSSR count). The summed E-state index contributed by atoms with van der Waals surface area (Å²) in [5.41, 5.74) is 5.83. The maximum atomic E-state index is 9.25. The fourth-order valence-corrected chi connectivity index (χ4v) is 3.82. The fourth-order valence-electron chi connectivity index (χ4n) is 2.10. The molecule has 0 spiro atoms. The van der Waals surface area contributed by atoms with Crippen LogP contribution in [0.1, 0.15) is 46.0 Å². The molecule has 1 fully saturated rings. The molecule has 2 unspecified atom stereocenters. The van der Waals surface area contributed by atoms with Crippen LogP contribution in [0.3, 0.4) is 0 Å². The highest BCUT2D eigenvalue weighted by Crippen LogP contribution is 2.33. The Morgan fingerprint density at radius 3 is 2.87 bits per heavy atom. The molecule has 0 saturated heterocycles. The Bertz CT molecular complexity index is 186. The standard InChI is InChI=1S/C12H25NOS/c1-10(2)5-7-15-11-4-3-6-12(13,8-11)9-14/h10-11,14H,3-9,13H2,1-2H3. The number of nitrogens with two attached hydrogens (primary N) is 1. The lowest BCUT2D eigenvalue weighted by atomic mass is 9.83. The predicted molar refractivity (Wildman–Crippen MR) is 68.2 cm³/mol. The molecular formula is C12H25NOS. The molecule has 0 radical (unpaired) electrons. The van der Waals surface area contributed by atoms with Gasteiger partial charge in [-0.3, -0.25) is 0 Å². The minimum Gasteiger partial charge on any atom is -0.394 e. The summed E-state index contributed by atoms with van der Waals surface area (Å²) in [4.78, 5) is 0. The molecule has 0 aromatic carbocycles. The summed E-state index contributed by atoms with van der Waals surface area (Å²) in [7, 11) is 0. The molecule has 0 aromatic rings. The van der Waals surface area contributed by atoms with Gasteiger partial charge >= 0.3 is 0 Å². The maximum absolute atomic E-state index is 9.25. The van der Waals surface area contributed by atoms with Crippen molar-refractivity contribution in [3.8, 4) is 0 Å². The number of hydrogen-bond donors (Lipinski definition) is 2. The normalized spacial score (nSPS) is 32.2. The third-order valence-electron chi connectivity index (χ3n) is 3.20. The van der Waals surface area contributed by atoms with Crippen LogP contribution in [0.4, 0.5) is 0 Å². The van der Waals surface area contributed by atoms with Gasteiger partial charge in [0, 0.05) is 10.8 Å². The van der Waals surface area contributed by atoms with Gasteiger partial charge in [-0.15, -0.1) is 0 Å². The second kappa shape index (κ2) is 6.12. The molecule has 2 atom stereocenters. The van der Waals surface area contributed by atoms with Crippen LogP contribution in [-0.2, 0) is 0 Å².